The predicted octanol–water partition coefficient (Wildman–Crippen LogP) is 1.95. The Bertz CT molecular complexity index is 458. The molecule has 0 aliphatic rings. The largest absolute Gasteiger partial charge is 0.467 e. The van der Waals surface area contributed by atoms with Gasteiger partial charge in [-0.25, -0.2) is 0 Å². The van der Waals surface area contributed by atoms with Crippen LogP contribution in [0.3, 0.4) is 0 Å². The molecule has 0 aromatic carbocycles. The third kappa shape index (κ3) is 2.33. The van der Waals surface area contributed by atoms with Crippen molar-refractivity contribution < 1.29 is 4.42 Å². The highest BCUT2D eigenvalue weighted by Gasteiger charge is 2.12. The van der Waals surface area contributed by atoms with E-state index < -0.39 is 0 Å². The van der Waals surface area contributed by atoms with Gasteiger partial charge in [-0.2, -0.15) is 5.10 Å². The predicted molar refractivity (Wildman–Crippen MR) is 61.9 cm³/mol. The van der Waals surface area contributed by atoms with Crippen molar-refractivity contribution in [2.45, 2.75) is 25.8 Å². The Morgan fingerprint density at radius 3 is 2.94 bits per heavy atom. The topological polar surface area (TPSA) is 57.0 Å². The lowest BCUT2D eigenvalue weighted by Gasteiger charge is -2.08. The first kappa shape index (κ1) is 11.0. The third-order valence-corrected chi connectivity index (χ3v) is 2.74. The number of furan rings is 1. The molecule has 0 fully saturated rings. The molecule has 0 radical (unpaired) electrons. The summed E-state index contributed by atoms with van der Waals surface area (Å²) in [4.78, 5) is 0. The van der Waals surface area contributed by atoms with Crippen LogP contribution in [0.25, 0.3) is 0 Å². The van der Waals surface area contributed by atoms with Crippen LogP contribution in [0.15, 0.2) is 29.1 Å². The Hall–Kier alpha value is -1.55. The van der Waals surface area contributed by atoms with Crippen LogP contribution >= 0.6 is 0 Å². The van der Waals surface area contributed by atoms with E-state index in [1.807, 2.05) is 32.4 Å². The van der Waals surface area contributed by atoms with Crippen LogP contribution in [-0.4, -0.2) is 9.78 Å². The summed E-state index contributed by atoms with van der Waals surface area (Å²) in [5, 5.41) is 4.13. The zero-order valence-corrected chi connectivity index (χ0v) is 9.68. The molecule has 0 spiro atoms. The van der Waals surface area contributed by atoms with E-state index in [2.05, 4.69) is 5.10 Å². The van der Waals surface area contributed by atoms with Gasteiger partial charge >= 0.3 is 0 Å². The number of hydrogen-bond donors (Lipinski definition) is 1. The van der Waals surface area contributed by atoms with Gasteiger partial charge in [0.25, 0.3) is 0 Å². The Kier molecular flexibility index (Phi) is 3.10. The summed E-state index contributed by atoms with van der Waals surface area (Å²) in [6.07, 6.45) is 7.38. The van der Waals surface area contributed by atoms with Crippen LogP contribution in [0.2, 0.25) is 0 Å². The fraction of sp³-hybridized carbons (Fsp3) is 0.417. The van der Waals surface area contributed by atoms with Gasteiger partial charge in [0, 0.05) is 13.2 Å². The minimum absolute atomic E-state index is 0.0322. The lowest BCUT2D eigenvalue weighted by Crippen LogP contribution is -2.11. The summed E-state index contributed by atoms with van der Waals surface area (Å²) >= 11 is 0. The molecule has 2 heterocycles. The van der Waals surface area contributed by atoms with E-state index in [1.54, 1.807) is 10.9 Å². The molecule has 1 atom stereocenters. The second kappa shape index (κ2) is 4.53. The second-order valence-electron chi connectivity index (χ2n) is 4.14. The molecule has 4 heteroatoms. The van der Waals surface area contributed by atoms with E-state index in [0.717, 1.165) is 24.2 Å². The molecule has 0 aliphatic heterocycles. The average Bonchev–Trinajstić information content (AvgIpc) is 2.84. The number of nitrogens with two attached hydrogens (primary N) is 1. The van der Waals surface area contributed by atoms with Gasteiger partial charge in [-0.3, -0.25) is 4.68 Å². The summed E-state index contributed by atoms with van der Waals surface area (Å²) in [7, 11) is 1.92. The molecule has 0 amide bonds. The van der Waals surface area contributed by atoms with Crippen LogP contribution in [0.4, 0.5) is 0 Å². The maximum Gasteiger partial charge on any atom is 0.123 e. The first-order chi connectivity index (χ1) is 7.66. The first-order valence-corrected chi connectivity index (χ1v) is 5.44. The quantitative estimate of drug-likeness (QED) is 0.855. The fourth-order valence-electron chi connectivity index (χ4n) is 1.82. The Morgan fingerprint density at radius 2 is 2.38 bits per heavy atom. The molecule has 1 unspecified atom stereocenters. The summed E-state index contributed by atoms with van der Waals surface area (Å²) < 4.78 is 7.18. The van der Waals surface area contributed by atoms with Crippen molar-refractivity contribution in [2.24, 2.45) is 12.8 Å². The molecule has 0 saturated carbocycles. The van der Waals surface area contributed by atoms with E-state index in [1.165, 1.54) is 5.56 Å². The van der Waals surface area contributed by atoms with E-state index in [0.29, 0.717) is 0 Å². The SMILES string of the molecule is Cc1ccoc1C(N)CCc1cnn(C)c1. The number of nitrogens with zero attached hydrogens (tertiary/aromatic N) is 2. The van der Waals surface area contributed by atoms with E-state index >= 15 is 0 Å². The molecule has 2 aromatic rings. The molecule has 2 rings (SSSR count). The van der Waals surface area contributed by atoms with Gasteiger partial charge < -0.3 is 10.2 Å². The van der Waals surface area contributed by atoms with E-state index in [9.17, 15) is 0 Å². The standard InChI is InChI=1S/C12H17N3O/c1-9-5-6-16-12(9)11(13)4-3-10-7-14-15(2)8-10/h5-8,11H,3-4,13H2,1-2H3. The molecule has 86 valence electrons. The van der Waals surface area contributed by atoms with Gasteiger partial charge in [0.1, 0.15) is 5.76 Å². The van der Waals surface area contributed by atoms with Crippen LogP contribution < -0.4 is 5.73 Å². The highest BCUT2D eigenvalue weighted by Crippen LogP contribution is 2.20. The van der Waals surface area contributed by atoms with Gasteiger partial charge in [-0.1, -0.05) is 0 Å². The zero-order valence-electron chi connectivity index (χ0n) is 9.68. The summed E-state index contributed by atoms with van der Waals surface area (Å²) in [5.41, 5.74) is 8.41. The van der Waals surface area contributed by atoms with Gasteiger partial charge in [-0.05, 0) is 37.0 Å². The maximum absolute atomic E-state index is 6.07. The number of aromatic nitrogens is 2. The fourth-order valence-corrected chi connectivity index (χ4v) is 1.82. The lowest BCUT2D eigenvalue weighted by atomic mass is 10.0. The number of hydrogen-bond acceptors (Lipinski definition) is 3. The van der Waals surface area contributed by atoms with Gasteiger partial charge in [0.2, 0.25) is 0 Å². The van der Waals surface area contributed by atoms with Crippen LogP contribution in [0.5, 0.6) is 0 Å². The van der Waals surface area contributed by atoms with E-state index in [-0.39, 0.29) is 6.04 Å². The third-order valence-electron chi connectivity index (χ3n) is 2.74. The average molecular weight is 219 g/mol. The maximum atomic E-state index is 6.07. The van der Waals surface area contributed by atoms with Crippen LogP contribution in [0, 0.1) is 6.92 Å². The minimum atomic E-state index is -0.0322. The summed E-state index contributed by atoms with van der Waals surface area (Å²) in [5.74, 6) is 0.892. The second-order valence-corrected chi connectivity index (χ2v) is 4.14. The molecule has 2 aromatic heterocycles. The summed E-state index contributed by atoms with van der Waals surface area (Å²) in [6.45, 7) is 2.02. The molecule has 0 aliphatic carbocycles. The minimum Gasteiger partial charge on any atom is -0.467 e. The Morgan fingerprint density at radius 1 is 1.56 bits per heavy atom. The Balaban J connectivity index is 1.93. The molecule has 0 saturated heterocycles. The van der Waals surface area contributed by atoms with Crippen molar-refractivity contribution in [3.05, 3.63) is 41.6 Å². The highest BCUT2D eigenvalue weighted by atomic mass is 16.3. The molecule has 0 bridgehead atoms. The molecular weight excluding hydrogens is 202 g/mol. The smallest absolute Gasteiger partial charge is 0.123 e. The van der Waals surface area contributed by atoms with Crippen molar-refractivity contribution in [2.75, 3.05) is 0 Å². The van der Waals surface area contributed by atoms with Crippen molar-refractivity contribution in [3.8, 4) is 0 Å². The normalized spacial score (nSPS) is 12.9. The zero-order chi connectivity index (χ0) is 11.5. The van der Waals surface area contributed by atoms with Gasteiger partial charge in [-0.15, -0.1) is 0 Å². The van der Waals surface area contributed by atoms with Gasteiger partial charge in [0.05, 0.1) is 18.5 Å². The Labute approximate surface area is 95.1 Å². The van der Waals surface area contributed by atoms with E-state index in [4.69, 9.17) is 10.2 Å². The number of aryl methyl sites for hydroxylation is 3. The number of rotatable bonds is 4. The molecule has 16 heavy (non-hydrogen) atoms. The first-order valence-electron chi connectivity index (χ1n) is 5.44. The summed E-state index contributed by atoms with van der Waals surface area (Å²) in [6, 6.07) is 1.91. The van der Waals surface area contributed by atoms with Gasteiger partial charge in [0.15, 0.2) is 0 Å². The van der Waals surface area contributed by atoms with Crippen molar-refractivity contribution >= 4 is 0 Å². The van der Waals surface area contributed by atoms with Crippen LogP contribution in [0.1, 0.15) is 29.3 Å². The highest BCUT2D eigenvalue weighted by molar-refractivity contribution is 5.18. The van der Waals surface area contributed by atoms with Crippen molar-refractivity contribution in [3.63, 3.8) is 0 Å². The van der Waals surface area contributed by atoms with Crippen molar-refractivity contribution in [1.82, 2.24) is 9.78 Å². The monoisotopic (exact) mass is 219 g/mol. The lowest BCUT2D eigenvalue weighted by molar-refractivity contribution is 0.449. The van der Waals surface area contributed by atoms with Crippen molar-refractivity contribution in [1.29, 1.82) is 0 Å². The molecule has 2 N–H and O–H groups in total. The van der Waals surface area contributed by atoms with Crippen LogP contribution in [-0.2, 0) is 13.5 Å². The molecular formula is C12H17N3O. The molecule has 4 nitrogen and oxygen atoms in total.